The lowest BCUT2D eigenvalue weighted by Crippen LogP contribution is -2.54. The number of carboxylic acids is 1. The Labute approximate surface area is 196 Å². The Hall–Kier alpha value is -3.93. The van der Waals surface area contributed by atoms with Crippen LogP contribution in [0.3, 0.4) is 0 Å². The second-order valence-electron chi connectivity index (χ2n) is 8.50. The minimum Gasteiger partial charge on any atom is -0.481 e. The van der Waals surface area contributed by atoms with Crippen molar-refractivity contribution in [3.63, 3.8) is 0 Å². The number of aliphatic carboxylic acids is 1. The van der Waals surface area contributed by atoms with Crippen LogP contribution in [0.4, 0.5) is 5.69 Å². The summed E-state index contributed by atoms with van der Waals surface area (Å²) in [4.78, 5) is 60.4. The van der Waals surface area contributed by atoms with Crippen LogP contribution in [0.5, 0.6) is 0 Å². The summed E-state index contributed by atoms with van der Waals surface area (Å²) >= 11 is 0. The molecule has 2 rings (SSSR count). The maximum Gasteiger partial charge on any atom is 0.305 e. The van der Waals surface area contributed by atoms with Crippen LogP contribution in [0.15, 0.2) is 30.1 Å². The number of rotatable bonds is 10. The van der Waals surface area contributed by atoms with Gasteiger partial charge in [-0.15, -0.1) is 0 Å². The Morgan fingerprint density at radius 1 is 1.32 bits per heavy atom. The maximum absolute atomic E-state index is 13.4. The van der Waals surface area contributed by atoms with E-state index in [9.17, 15) is 24.0 Å². The van der Waals surface area contributed by atoms with Gasteiger partial charge in [0.1, 0.15) is 6.04 Å². The van der Waals surface area contributed by atoms with Crippen molar-refractivity contribution in [2.75, 3.05) is 11.9 Å². The Balaban J connectivity index is 2.33. The van der Waals surface area contributed by atoms with E-state index in [1.165, 1.54) is 6.20 Å². The van der Waals surface area contributed by atoms with E-state index in [0.717, 1.165) is 9.91 Å². The molecule has 4 amide bonds. The first-order chi connectivity index (χ1) is 15.9. The number of amides is 4. The van der Waals surface area contributed by atoms with Gasteiger partial charge in [0.15, 0.2) is 0 Å². The fourth-order valence-corrected chi connectivity index (χ4v) is 3.43. The van der Waals surface area contributed by atoms with Gasteiger partial charge in [0.05, 0.1) is 23.2 Å². The number of carbonyl (C=O) groups excluding carboxylic acids is 4. The number of aryl methyl sites for hydroxylation is 1. The highest BCUT2D eigenvalue weighted by Gasteiger charge is 2.36. The Bertz CT molecular complexity index is 1020. The molecule has 0 aliphatic carbocycles. The molecule has 34 heavy (non-hydrogen) atoms. The lowest BCUT2D eigenvalue weighted by atomic mass is 9.97. The number of benzene rings is 1. The van der Waals surface area contributed by atoms with E-state index >= 15 is 0 Å². The minimum atomic E-state index is -1.10. The normalized spacial score (nSPS) is 16.5. The highest BCUT2D eigenvalue weighted by molar-refractivity contribution is 6.09. The number of imide groups is 2. The summed E-state index contributed by atoms with van der Waals surface area (Å²) in [5, 5.41) is 15.3. The van der Waals surface area contributed by atoms with Crippen molar-refractivity contribution in [3.05, 3.63) is 41.2 Å². The molecule has 0 bridgehead atoms. The molecular formula is C22H30N6O6. The minimum absolute atomic E-state index is 0.0126. The van der Waals surface area contributed by atoms with Crippen molar-refractivity contribution in [2.24, 2.45) is 11.6 Å². The van der Waals surface area contributed by atoms with E-state index in [0.29, 0.717) is 11.3 Å². The first-order valence-electron chi connectivity index (χ1n) is 10.6. The summed E-state index contributed by atoms with van der Waals surface area (Å²) in [5.41, 5.74) is 6.59. The molecular weight excluding hydrogens is 444 g/mol. The Kier molecular flexibility index (Phi) is 8.36. The van der Waals surface area contributed by atoms with E-state index in [-0.39, 0.29) is 43.5 Å². The molecule has 1 aliphatic rings. The van der Waals surface area contributed by atoms with Gasteiger partial charge < -0.3 is 21.2 Å². The summed E-state index contributed by atoms with van der Waals surface area (Å²) in [7, 11) is 0. The molecule has 1 aromatic rings. The van der Waals surface area contributed by atoms with Gasteiger partial charge in [-0.3, -0.25) is 34.2 Å². The number of nitrogens with two attached hydrogens (primary N) is 2. The number of nitrogens with one attached hydrogen (secondary N) is 2. The molecule has 1 unspecified atom stereocenters. The van der Waals surface area contributed by atoms with Crippen LogP contribution in [0, 0.1) is 6.92 Å². The SMILES string of the molecule is Cc1cccc(NC(C)(C)/C(N)=C/N(N)CCC(=O)O)c1C(=O)N(C=O)C1CCC(=O)NC1=O. The van der Waals surface area contributed by atoms with Crippen LogP contribution >= 0.6 is 0 Å². The average Bonchev–Trinajstić information content (AvgIpc) is 2.74. The molecule has 0 aromatic heterocycles. The number of piperidine rings is 1. The molecule has 1 aliphatic heterocycles. The van der Waals surface area contributed by atoms with Crippen molar-refractivity contribution in [1.82, 2.24) is 15.2 Å². The second-order valence-corrected chi connectivity index (χ2v) is 8.50. The molecule has 1 heterocycles. The number of anilines is 1. The van der Waals surface area contributed by atoms with Crippen LogP contribution in [-0.2, 0) is 19.2 Å². The van der Waals surface area contributed by atoms with Crippen molar-refractivity contribution in [3.8, 4) is 0 Å². The molecule has 12 nitrogen and oxygen atoms in total. The second kappa shape index (κ2) is 10.8. The first kappa shape index (κ1) is 26.3. The molecule has 0 spiro atoms. The summed E-state index contributed by atoms with van der Waals surface area (Å²) in [6.07, 6.45) is 1.56. The molecule has 0 saturated carbocycles. The molecule has 1 saturated heterocycles. The average molecular weight is 475 g/mol. The number of hydrogen-bond donors (Lipinski definition) is 5. The lowest BCUT2D eigenvalue weighted by molar-refractivity contribution is -0.139. The van der Waals surface area contributed by atoms with E-state index in [4.69, 9.17) is 16.7 Å². The van der Waals surface area contributed by atoms with E-state index in [1.54, 1.807) is 39.0 Å². The summed E-state index contributed by atoms with van der Waals surface area (Å²) in [6.45, 7) is 5.20. The lowest BCUT2D eigenvalue weighted by Gasteiger charge is -2.32. The van der Waals surface area contributed by atoms with E-state index in [1.807, 2.05) is 0 Å². The van der Waals surface area contributed by atoms with Crippen molar-refractivity contribution in [1.29, 1.82) is 0 Å². The van der Waals surface area contributed by atoms with Crippen LogP contribution in [0.2, 0.25) is 0 Å². The van der Waals surface area contributed by atoms with Gasteiger partial charge in [-0.05, 0) is 38.8 Å². The molecule has 184 valence electrons. The number of nitrogens with zero attached hydrogens (tertiary/aromatic N) is 2. The monoisotopic (exact) mass is 474 g/mol. The zero-order valence-corrected chi connectivity index (χ0v) is 19.3. The van der Waals surface area contributed by atoms with E-state index in [2.05, 4.69) is 10.6 Å². The molecule has 1 fully saturated rings. The Morgan fingerprint density at radius 2 is 2.00 bits per heavy atom. The fraction of sp³-hybridized carbons (Fsp3) is 0.409. The summed E-state index contributed by atoms with van der Waals surface area (Å²) in [6, 6.07) is 3.93. The molecule has 12 heteroatoms. The number of hydrogen-bond acceptors (Lipinski definition) is 9. The standard InChI is InChI=1S/C22H30N6O6/c1-13-5-4-6-14(26-22(2,3)16(23)11-27(24)10-9-18(31)32)19(13)21(34)28(12-29)15-7-8-17(30)25-20(15)33/h4-6,11-12,15,26H,7-10,23-24H2,1-3H3,(H,31,32)(H,25,30,33)/b16-11-. The van der Waals surface area contributed by atoms with Gasteiger partial charge in [0, 0.05) is 24.9 Å². The zero-order chi connectivity index (χ0) is 25.6. The van der Waals surface area contributed by atoms with Gasteiger partial charge in [-0.1, -0.05) is 12.1 Å². The van der Waals surface area contributed by atoms with Gasteiger partial charge in [0.25, 0.3) is 5.91 Å². The quantitative estimate of drug-likeness (QED) is 0.134. The highest BCUT2D eigenvalue weighted by atomic mass is 16.4. The fourth-order valence-electron chi connectivity index (χ4n) is 3.43. The molecule has 1 atom stereocenters. The smallest absolute Gasteiger partial charge is 0.305 e. The third-order valence-electron chi connectivity index (χ3n) is 5.44. The number of carbonyl (C=O) groups is 5. The van der Waals surface area contributed by atoms with Crippen LogP contribution < -0.4 is 22.2 Å². The van der Waals surface area contributed by atoms with Crippen molar-refractivity contribution >= 4 is 35.8 Å². The number of carboxylic acid groups (broad SMARTS) is 1. The topological polar surface area (TPSA) is 188 Å². The van der Waals surface area contributed by atoms with Gasteiger partial charge in [-0.25, -0.2) is 5.84 Å². The largest absolute Gasteiger partial charge is 0.481 e. The summed E-state index contributed by atoms with van der Waals surface area (Å²) < 4.78 is 0. The molecule has 7 N–H and O–H groups in total. The van der Waals surface area contributed by atoms with Crippen LogP contribution in [-0.4, -0.2) is 63.2 Å². The third kappa shape index (κ3) is 6.32. The predicted octanol–water partition coefficient (Wildman–Crippen LogP) is 0.0398. The van der Waals surface area contributed by atoms with Gasteiger partial charge >= 0.3 is 5.97 Å². The first-order valence-corrected chi connectivity index (χ1v) is 10.6. The highest BCUT2D eigenvalue weighted by Crippen LogP contribution is 2.28. The summed E-state index contributed by atoms with van der Waals surface area (Å²) in [5.74, 6) is 2.93. The van der Waals surface area contributed by atoms with Crippen molar-refractivity contribution < 1.29 is 29.1 Å². The van der Waals surface area contributed by atoms with Gasteiger partial charge in [0.2, 0.25) is 18.2 Å². The molecule has 0 radical (unpaired) electrons. The Morgan fingerprint density at radius 3 is 2.59 bits per heavy atom. The van der Waals surface area contributed by atoms with Crippen molar-refractivity contribution in [2.45, 2.75) is 51.6 Å². The maximum atomic E-state index is 13.4. The predicted molar refractivity (Wildman–Crippen MR) is 123 cm³/mol. The number of hydrazine groups is 1. The van der Waals surface area contributed by atoms with Crippen LogP contribution in [0.25, 0.3) is 0 Å². The zero-order valence-electron chi connectivity index (χ0n) is 19.3. The van der Waals surface area contributed by atoms with E-state index < -0.39 is 35.3 Å². The molecule has 1 aromatic carbocycles. The van der Waals surface area contributed by atoms with Crippen LogP contribution in [0.1, 0.15) is 49.0 Å². The third-order valence-corrected chi connectivity index (χ3v) is 5.44. The van der Waals surface area contributed by atoms with Gasteiger partial charge in [-0.2, -0.15) is 0 Å².